The molecule has 1 aromatic heterocycles. The predicted molar refractivity (Wildman–Crippen MR) is 60.5 cm³/mol. The Labute approximate surface area is 97.8 Å². The molecule has 1 aromatic carbocycles. The van der Waals surface area contributed by atoms with Gasteiger partial charge < -0.3 is 0 Å². The maximum Gasteiger partial charge on any atom is 0.148 e. The Bertz CT molecular complexity index is 496. The van der Waals surface area contributed by atoms with E-state index in [-0.39, 0.29) is 5.82 Å². The molecule has 0 radical (unpaired) electrons. The van der Waals surface area contributed by atoms with Crippen molar-refractivity contribution in [2.24, 2.45) is 0 Å². The highest BCUT2D eigenvalue weighted by Crippen LogP contribution is 2.14. The number of aromatic nitrogens is 3. The average molecular weight is 240 g/mol. The Hall–Kier alpha value is -1.42. The van der Waals surface area contributed by atoms with E-state index >= 15 is 0 Å². The van der Waals surface area contributed by atoms with Crippen LogP contribution in [-0.4, -0.2) is 20.9 Å². The van der Waals surface area contributed by atoms with Gasteiger partial charge >= 0.3 is 0 Å². The molecular weight excluding hydrogens is 229 g/mol. The van der Waals surface area contributed by atoms with Crippen molar-refractivity contribution in [1.29, 1.82) is 0 Å². The summed E-state index contributed by atoms with van der Waals surface area (Å²) in [5.74, 6) is 0.169. The predicted octanol–water partition coefficient (Wildman–Crippen LogP) is 2.50. The summed E-state index contributed by atoms with van der Waals surface area (Å²) in [6, 6.07) is 4.87. The average Bonchev–Trinajstić information content (AvgIpc) is 2.71. The Morgan fingerprint density at radius 3 is 3.00 bits per heavy atom. The summed E-state index contributed by atoms with van der Waals surface area (Å²) in [5, 5.41) is 7.79. The quantitative estimate of drug-likeness (QED) is 0.771. The zero-order valence-electron chi connectivity index (χ0n) is 8.82. The first-order valence-electron chi connectivity index (χ1n) is 4.94. The van der Waals surface area contributed by atoms with Gasteiger partial charge in [-0.3, -0.25) is 0 Å². The number of hydrogen-bond donors (Lipinski definition) is 0. The molecule has 2 rings (SSSR count). The van der Waals surface area contributed by atoms with Gasteiger partial charge in [-0.1, -0.05) is 11.3 Å². The second kappa shape index (κ2) is 4.61. The van der Waals surface area contributed by atoms with E-state index in [1.165, 1.54) is 10.7 Å². The van der Waals surface area contributed by atoms with Crippen molar-refractivity contribution in [2.75, 3.05) is 5.88 Å². The first kappa shape index (κ1) is 11.1. The molecule has 16 heavy (non-hydrogen) atoms. The van der Waals surface area contributed by atoms with Gasteiger partial charge in [-0.15, -0.1) is 16.7 Å². The van der Waals surface area contributed by atoms with Crippen LogP contribution in [0.2, 0.25) is 0 Å². The van der Waals surface area contributed by atoms with Gasteiger partial charge in [0.05, 0.1) is 11.9 Å². The van der Waals surface area contributed by atoms with Crippen LogP contribution in [0.1, 0.15) is 11.3 Å². The van der Waals surface area contributed by atoms with E-state index in [9.17, 15) is 4.39 Å². The normalized spacial score (nSPS) is 10.7. The summed E-state index contributed by atoms with van der Waals surface area (Å²) in [6.45, 7) is 1.90. The van der Waals surface area contributed by atoms with Crippen molar-refractivity contribution in [3.8, 4) is 5.69 Å². The highest BCUT2D eigenvalue weighted by atomic mass is 35.5. The molecule has 0 aliphatic rings. The van der Waals surface area contributed by atoms with E-state index in [2.05, 4.69) is 10.3 Å². The van der Waals surface area contributed by atoms with Crippen LogP contribution in [0.25, 0.3) is 5.69 Å². The summed E-state index contributed by atoms with van der Waals surface area (Å²) in [7, 11) is 0. The highest BCUT2D eigenvalue weighted by molar-refractivity contribution is 6.17. The SMILES string of the molecule is Cc1ccc(F)c(-n2cc(CCCl)nn2)c1. The van der Waals surface area contributed by atoms with Crippen LogP contribution >= 0.6 is 11.6 Å². The molecule has 0 unspecified atom stereocenters. The van der Waals surface area contributed by atoms with E-state index < -0.39 is 0 Å². The van der Waals surface area contributed by atoms with E-state index in [0.717, 1.165) is 11.3 Å². The fraction of sp³-hybridized carbons (Fsp3) is 0.273. The van der Waals surface area contributed by atoms with Crippen LogP contribution in [0.15, 0.2) is 24.4 Å². The maximum absolute atomic E-state index is 13.5. The maximum atomic E-state index is 13.5. The standard InChI is InChI=1S/C11H11ClFN3/c1-8-2-3-10(13)11(6-8)16-7-9(4-5-12)14-15-16/h2-3,6-7H,4-5H2,1H3. The zero-order valence-corrected chi connectivity index (χ0v) is 9.58. The Morgan fingerprint density at radius 2 is 2.25 bits per heavy atom. The summed E-state index contributed by atoms with van der Waals surface area (Å²) >= 11 is 5.60. The molecule has 0 aliphatic carbocycles. The highest BCUT2D eigenvalue weighted by Gasteiger charge is 2.07. The molecule has 1 heterocycles. The molecule has 3 nitrogen and oxygen atoms in total. The molecular formula is C11H11ClFN3. The first-order chi connectivity index (χ1) is 7.70. The molecule has 84 valence electrons. The Morgan fingerprint density at radius 1 is 1.44 bits per heavy atom. The van der Waals surface area contributed by atoms with Gasteiger partial charge in [0.15, 0.2) is 0 Å². The van der Waals surface area contributed by atoms with Crippen LogP contribution in [0.5, 0.6) is 0 Å². The van der Waals surface area contributed by atoms with E-state index in [1.54, 1.807) is 18.3 Å². The number of hydrogen-bond acceptors (Lipinski definition) is 2. The number of nitrogens with zero attached hydrogens (tertiary/aromatic N) is 3. The van der Waals surface area contributed by atoms with Crippen molar-refractivity contribution in [1.82, 2.24) is 15.0 Å². The number of aryl methyl sites for hydroxylation is 2. The summed E-state index contributed by atoms with van der Waals surface area (Å²) in [5.41, 5.74) is 2.15. The van der Waals surface area contributed by atoms with Gasteiger partial charge in [0.1, 0.15) is 11.5 Å². The molecule has 2 aromatic rings. The fourth-order valence-electron chi connectivity index (χ4n) is 1.43. The second-order valence-corrected chi connectivity index (χ2v) is 3.93. The van der Waals surface area contributed by atoms with Gasteiger partial charge in [-0.2, -0.15) is 0 Å². The third-order valence-electron chi connectivity index (χ3n) is 2.24. The van der Waals surface area contributed by atoms with Crippen LogP contribution < -0.4 is 0 Å². The van der Waals surface area contributed by atoms with Gasteiger partial charge in [0.2, 0.25) is 0 Å². The number of alkyl halides is 1. The second-order valence-electron chi connectivity index (χ2n) is 3.55. The monoisotopic (exact) mass is 239 g/mol. The molecule has 5 heteroatoms. The van der Waals surface area contributed by atoms with E-state index in [0.29, 0.717) is 18.0 Å². The molecule has 0 aliphatic heterocycles. The lowest BCUT2D eigenvalue weighted by Gasteiger charge is -2.02. The van der Waals surface area contributed by atoms with Crippen molar-refractivity contribution in [3.63, 3.8) is 0 Å². The topological polar surface area (TPSA) is 30.7 Å². The Kier molecular flexibility index (Phi) is 3.19. The smallest absolute Gasteiger partial charge is 0.148 e. The lowest BCUT2D eigenvalue weighted by atomic mass is 10.2. The van der Waals surface area contributed by atoms with Gasteiger partial charge in [-0.25, -0.2) is 9.07 Å². The van der Waals surface area contributed by atoms with Crippen molar-refractivity contribution in [2.45, 2.75) is 13.3 Å². The Balaban J connectivity index is 2.38. The lowest BCUT2D eigenvalue weighted by Crippen LogP contribution is -1.99. The molecule has 0 fully saturated rings. The number of rotatable bonds is 3. The minimum Gasteiger partial charge on any atom is -0.217 e. The van der Waals surface area contributed by atoms with Crippen molar-refractivity contribution in [3.05, 3.63) is 41.5 Å². The molecule has 0 saturated heterocycles. The van der Waals surface area contributed by atoms with Crippen LogP contribution in [-0.2, 0) is 6.42 Å². The van der Waals surface area contributed by atoms with Crippen LogP contribution in [0.4, 0.5) is 4.39 Å². The van der Waals surface area contributed by atoms with Gasteiger partial charge in [0.25, 0.3) is 0 Å². The first-order valence-corrected chi connectivity index (χ1v) is 5.48. The molecule has 0 N–H and O–H groups in total. The summed E-state index contributed by atoms with van der Waals surface area (Å²) in [6.07, 6.45) is 2.33. The third-order valence-corrected chi connectivity index (χ3v) is 2.43. The van der Waals surface area contributed by atoms with E-state index in [4.69, 9.17) is 11.6 Å². The summed E-state index contributed by atoms with van der Waals surface area (Å²) < 4.78 is 15.0. The lowest BCUT2D eigenvalue weighted by molar-refractivity contribution is 0.606. The number of benzene rings is 1. The van der Waals surface area contributed by atoms with Gasteiger partial charge in [0, 0.05) is 12.3 Å². The molecule has 0 bridgehead atoms. The summed E-state index contributed by atoms with van der Waals surface area (Å²) in [4.78, 5) is 0. The fourth-order valence-corrected chi connectivity index (χ4v) is 1.62. The minimum absolute atomic E-state index is 0.312. The third kappa shape index (κ3) is 2.22. The molecule has 0 saturated carbocycles. The largest absolute Gasteiger partial charge is 0.217 e. The molecule has 0 amide bonds. The van der Waals surface area contributed by atoms with Crippen LogP contribution in [0, 0.1) is 12.7 Å². The molecule has 0 spiro atoms. The van der Waals surface area contributed by atoms with Gasteiger partial charge in [-0.05, 0) is 24.6 Å². The van der Waals surface area contributed by atoms with Crippen LogP contribution in [0.3, 0.4) is 0 Å². The zero-order chi connectivity index (χ0) is 11.5. The van der Waals surface area contributed by atoms with Crippen molar-refractivity contribution < 1.29 is 4.39 Å². The van der Waals surface area contributed by atoms with Crippen molar-refractivity contribution >= 4 is 11.6 Å². The molecule has 0 atom stereocenters. The number of halogens is 2. The van der Waals surface area contributed by atoms with E-state index in [1.807, 2.05) is 6.92 Å². The minimum atomic E-state index is -0.312.